The monoisotopic (exact) mass is 168 g/mol. The second kappa shape index (κ2) is 4.95. The van der Waals surface area contributed by atoms with E-state index in [2.05, 4.69) is 16.7 Å². The summed E-state index contributed by atoms with van der Waals surface area (Å²) in [5.41, 5.74) is -0.157. The predicted octanol–water partition coefficient (Wildman–Crippen LogP) is -0.0748. The molecule has 1 N–H and O–H groups in total. The van der Waals surface area contributed by atoms with Crippen LogP contribution in [0.4, 0.5) is 0 Å². The third-order valence-corrected chi connectivity index (χ3v) is 1.01. The van der Waals surface area contributed by atoms with Crippen LogP contribution in [0.3, 0.4) is 0 Å². The largest absolute Gasteiger partial charge is 0.475 e. The molecule has 0 heterocycles. The number of hydrogen-bond acceptors (Lipinski definition) is 4. The molecule has 0 unspecified atom stereocenters. The summed E-state index contributed by atoms with van der Waals surface area (Å²) in [5.74, 6) is -2.60. The van der Waals surface area contributed by atoms with E-state index in [0.29, 0.717) is 0 Å². The Kier molecular flexibility index (Phi) is 4.21. The predicted molar refractivity (Wildman–Crippen MR) is 44.7 cm³/mol. The third kappa shape index (κ3) is 2.87. The van der Waals surface area contributed by atoms with Crippen LogP contribution in [0, 0.1) is 0 Å². The summed E-state index contributed by atoms with van der Waals surface area (Å²) in [6, 6.07) is 0. The lowest BCUT2D eigenvalue weighted by Crippen LogP contribution is -2.21. The standard InChI is InChI=1S/C7H8N2O3/c1-8-4-3-5(9-2)6(10)7(11)12/h3-4H,1H2,2H3,(H,11,12)/b4-3-,9-5+. The molecule has 0 spiro atoms. The van der Waals surface area contributed by atoms with Crippen LogP contribution < -0.4 is 0 Å². The first-order valence-electron chi connectivity index (χ1n) is 3.00. The number of carbonyl (C=O) groups excluding carboxylic acids is 1. The van der Waals surface area contributed by atoms with E-state index in [9.17, 15) is 9.59 Å². The molecular weight excluding hydrogens is 160 g/mol. The van der Waals surface area contributed by atoms with E-state index in [1.807, 2.05) is 0 Å². The molecule has 0 aliphatic carbocycles. The highest BCUT2D eigenvalue weighted by Gasteiger charge is 2.15. The summed E-state index contributed by atoms with van der Waals surface area (Å²) in [7, 11) is 1.32. The van der Waals surface area contributed by atoms with Crippen LogP contribution in [-0.4, -0.2) is 36.3 Å². The molecule has 0 aromatic heterocycles. The summed E-state index contributed by atoms with van der Waals surface area (Å²) < 4.78 is 0. The van der Waals surface area contributed by atoms with E-state index in [-0.39, 0.29) is 5.71 Å². The van der Waals surface area contributed by atoms with Crippen LogP contribution in [0.1, 0.15) is 0 Å². The zero-order valence-corrected chi connectivity index (χ0v) is 6.52. The molecule has 0 aromatic rings. The molecule has 12 heavy (non-hydrogen) atoms. The number of aliphatic carboxylic acids is 1. The van der Waals surface area contributed by atoms with Crippen molar-refractivity contribution in [2.45, 2.75) is 0 Å². The van der Waals surface area contributed by atoms with Crippen LogP contribution in [0.25, 0.3) is 0 Å². The molecular formula is C7H8N2O3. The number of carboxylic acid groups (broad SMARTS) is 1. The fraction of sp³-hybridized carbons (Fsp3) is 0.143. The number of allylic oxidation sites excluding steroid dienone is 1. The van der Waals surface area contributed by atoms with E-state index in [1.54, 1.807) is 0 Å². The summed E-state index contributed by atoms with van der Waals surface area (Å²) in [6.07, 6.45) is 2.38. The van der Waals surface area contributed by atoms with E-state index >= 15 is 0 Å². The lowest BCUT2D eigenvalue weighted by Gasteiger charge is -1.91. The number of carboxylic acids is 1. The van der Waals surface area contributed by atoms with E-state index in [0.717, 1.165) is 0 Å². The number of aliphatic imine (C=N–C) groups is 2. The quantitative estimate of drug-likeness (QED) is 0.471. The minimum absolute atomic E-state index is 0.157. The molecule has 0 radical (unpaired) electrons. The number of rotatable bonds is 4. The molecule has 0 bridgehead atoms. The van der Waals surface area contributed by atoms with Gasteiger partial charge in [-0.3, -0.25) is 14.8 Å². The Labute approximate surface area is 69.1 Å². The molecule has 5 nitrogen and oxygen atoms in total. The molecule has 0 fully saturated rings. The van der Waals surface area contributed by atoms with Crippen LogP contribution in [0.2, 0.25) is 0 Å². The van der Waals surface area contributed by atoms with Gasteiger partial charge in [0.1, 0.15) is 5.71 Å². The zero-order chi connectivity index (χ0) is 9.56. The van der Waals surface area contributed by atoms with Crippen LogP contribution >= 0.6 is 0 Å². The first kappa shape index (κ1) is 10.2. The highest BCUT2D eigenvalue weighted by atomic mass is 16.4. The molecule has 0 rings (SSSR count). The maximum absolute atomic E-state index is 10.7. The minimum atomic E-state index is -1.54. The molecule has 64 valence electrons. The first-order chi connectivity index (χ1) is 5.63. The van der Waals surface area contributed by atoms with Crippen molar-refractivity contribution in [3.63, 3.8) is 0 Å². The van der Waals surface area contributed by atoms with Gasteiger partial charge in [-0.1, -0.05) is 0 Å². The Morgan fingerprint density at radius 1 is 1.50 bits per heavy atom. The van der Waals surface area contributed by atoms with Crippen molar-refractivity contribution in [2.24, 2.45) is 9.98 Å². The smallest absolute Gasteiger partial charge is 0.378 e. The number of nitrogens with zero attached hydrogens (tertiary/aromatic N) is 2. The van der Waals surface area contributed by atoms with Crippen LogP contribution in [0.5, 0.6) is 0 Å². The zero-order valence-electron chi connectivity index (χ0n) is 6.52. The topological polar surface area (TPSA) is 79.1 Å². The van der Waals surface area contributed by atoms with Crippen LogP contribution in [0.15, 0.2) is 22.3 Å². The van der Waals surface area contributed by atoms with Crippen molar-refractivity contribution < 1.29 is 14.7 Å². The average molecular weight is 168 g/mol. The van der Waals surface area contributed by atoms with Gasteiger partial charge in [-0.05, 0) is 12.8 Å². The molecule has 0 amide bonds. The summed E-state index contributed by atoms with van der Waals surface area (Å²) in [4.78, 5) is 27.7. The van der Waals surface area contributed by atoms with E-state index in [1.165, 1.54) is 19.3 Å². The fourth-order valence-electron chi connectivity index (χ4n) is 0.485. The number of carbonyl (C=O) groups is 2. The van der Waals surface area contributed by atoms with Crippen molar-refractivity contribution in [1.82, 2.24) is 0 Å². The molecule has 5 heteroatoms. The molecule has 0 saturated carbocycles. The number of Topliss-reactive ketones (excluding diaryl/α,β-unsaturated/α-hetero) is 1. The van der Waals surface area contributed by atoms with Crippen LogP contribution in [-0.2, 0) is 9.59 Å². The molecule has 0 aromatic carbocycles. The Balaban J connectivity index is 4.59. The van der Waals surface area contributed by atoms with Crippen molar-refractivity contribution >= 4 is 24.2 Å². The van der Waals surface area contributed by atoms with Crippen molar-refractivity contribution in [3.8, 4) is 0 Å². The number of hydrogen-bond donors (Lipinski definition) is 1. The Hall–Kier alpha value is -1.78. The average Bonchev–Trinajstić information content (AvgIpc) is 2.05. The summed E-state index contributed by atoms with van der Waals surface area (Å²) >= 11 is 0. The molecule has 0 atom stereocenters. The lowest BCUT2D eigenvalue weighted by atomic mass is 10.2. The van der Waals surface area contributed by atoms with Gasteiger partial charge < -0.3 is 5.11 Å². The Bertz CT molecular complexity index is 266. The minimum Gasteiger partial charge on any atom is -0.475 e. The van der Waals surface area contributed by atoms with Gasteiger partial charge >= 0.3 is 5.97 Å². The summed E-state index contributed by atoms with van der Waals surface area (Å²) in [5, 5.41) is 8.27. The van der Waals surface area contributed by atoms with Gasteiger partial charge in [0, 0.05) is 13.2 Å². The van der Waals surface area contributed by atoms with Gasteiger partial charge in [0.2, 0.25) is 0 Å². The second-order valence-electron chi connectivity index (χ2n) is 1.74. The normalized spacial score (nSPS) is 11.6. The van der Waals surface area contributed by atoms with Gasteiger partial charge in [0.25, 0.3) is 5.78 Å². The van der Waals surface area contributed by atoms with Gasteiger partial charge in [0.15, 0.2) is 0 Å². The van der Waals surface area contributed by atoms with Gasteiger partial charge in [-0.2, -0.15) is 0 Å². The van der Waals surface area contributed by atoms with Gasteiger partial charge in [-0.15, -0.1) is 0 Å². The van der Waals surface area contributed by atoms with E-state index in [4.69, 9.17) is 5.11 Å². The second-order valence-corrected chi connectivity index (χ2v) is 1.74. The molecule has 0 aliphatic rings. The van der Waals surface area contributed by atoms with E-state index < -0.39 is 11.8 Å². The fourth-order valence-corrected chi connectivity index (χ4v) is 0.485. The first-order valence-corrected chi connectivity index (χ1v) is 3.00. The van der Waals surface area contributed by atoms with Gasteiger partial charge in [-0.25, -0.2) is 4.79 Å². The van der Waals surface area contributed by atoms with Crippen molar-refractivity contribution in [1.29, 1.82) is 0 Å². The highest BCUT2D eigenvalue weighted by molar-refractivity contribution is 6.65. The lowest BCUT2D eigenvalue weighted by molar-refractivity contribution is -0.145. The SMILES string of the molecule is C=N/C=C\C(=N/C)C(=O)C(=O)O. The molecule has 0 aliphatic heterocycles. The number of ketones is 1. The van der Waals surface area contributed by atoms with Gasteiger partial charge in [0.05, 0.1) is 0 Å². The summed E-state index contributed by atoms with van der Waals surface area (Å²) in [6.45, 7) is 3.12. The molecule has 0 saturated heterocycles. The Morgan fingerprint density at radius 2 is 2.08 bits per heavy atom. The van der Waals surface area contributed by atoms with Crippen molar-refractivity contribution in [3.05, 3.63) is 12.3 Å². The maximum atomic E-state index is 10.7. The van der Waals surface area contributed by atoms with Crippen molar-refractivity contribution in [2.75, 3.05) is 7.05 Å². The third-order valence-electron chi connectivity index (χ3n) is 1.01. The highest BCUT2D eigenvalue weighted by Crippen LogP contribution is 1.85. The Morgan fingerprint density at radius 3 is 2.42 bits per heavy atom. The maximum Gasteiger partial charge on any atom is 0.378 e.